The second kappa shape index (κ2) is 6.05. The molecule has 1 rings (SSSR count). The molecule has 0 saturated heterocycles. The summed E-state index contributed by atoms with van der Waals surface area (Å²) in [5.74, 6) is 0.00941. The maximum Gasteiger partial charge on any atom is 0.309 e. The fourth-order valence-corrected chi connectivity index (χ4v) is 1.10. The Balaban J connectivity index is 2.51. The van der Waals surface area contributed by atoms with E-state index in [9.17, 15) is 13.6 Å². The normalized spacial score (nSPS) is 10.2. The van der Waals surface area contributed by atoms with E-state index in [1.165, 1.54) is 7.11 Å². The molecule has 0 heterocycles. The van der Waals surface area contributed by atoms with E-state index in [-0.39, 0.29) is 12.4 Å². The quantitative estimate of drug-likeness (QED) is 0.726. The van der Waals surface area contributed by atoms with Gasteiger partial charge in [-0.2, -0.15) is 0 Å². The lowest BCUT2D eigenvalue weighted by atomic mass is 10.1. The molecule has 0 atom stereocenters. The highest BCUT2D eigenvalue weighted by atomic mass is 19.3. The van der Waals surface area contributed by atoms with Crippen LogP contribution in [0.15, 0.2) is 24.3 Å². The van der Waals surface area contributed by atoms with E-state index in [1.807, 2.05) is 0 Å². The number of hydrogen-bond acceptors (Lipinski definition) is 3. The van der Waals surface area contributed by atoms with Gasteiger partial charge in [0.25, 0.3) is 6.43 Å². The Kier molecular flexibility index (Phi) is 4.69. The molecule has 1 aromatic carbocycles. The minimum absolute atomic E-state index is 0.158. The highest BCUT2D eigenvalue weighted by Crippen LogP contribution is 2.13. The van der Waals surface area contributed by atoms with Crippen LogP contribution in [0.1, 0.15) is 5.56 Å². The molecule has 0 fully saturated rings. The first-order valence-electron chi connectivity index (χ1n) is 4.68. The van der Waals surface area contributed by atoms with Crippen molar-refractivity contribution < 1.29 is 23.0 Å². The van der Waals surface area contributed by atoms with Crippen LogP contribution in [-0.2, 0) is 16.0 Å². The molecule has 1 aromatic rings. The van der Waals surface area contributed by atoms with Crippen LogP contribution in [0.5, 0.6) is 5.75 Å². The number of carbonyl (C=O) groups excluding carboxylic acids is 1. The van der Waals surface area contributed by atoms with Crippen molar-refractivity contribution >= 4 is 5.97 Å². The third-order valence-electron chi connectivity index (χ3n) is 1.88. The molecule has 0 amide bonds. The number of rotatable bonds is 5. The van der Waals surface area contributed by atoms with Gasteiger partial charge in [0, 0.05) is 0 Å². The predicted octanol–water partition coefficient (Wildman–Crippen LogP) is 2.05. The number of carbonyl (C=O) groups is 1. The third-order valence-corrected chi connectivity index (χ3v) is 1.88. The highest BCUT2D eigenvalue weighted by Gasteiger charge is 2.05. The molecule has 88 valence electrons. The molecule has 0 aliphatic heterocycles. The molecule has 0 unspecified atom stereocenters. The minimum atomic E-state index is -2.49. The summed E-state index contributed by atoms with van der Waals surface area (Å²) in [7, 11) is 1.31. The molecule has 3 nitrogen and oxygen atoms in total. The Labute approximate surface area is 92.0 Å². The van der Waals surface area contributed by atoms with Crippen LogP contribution in [-0.4, -0.2) is 26.1 Å². The SMILES string of the molecule is COC(=O)Cc1ccc(OCC(F)F)cc1. The van der Waals surface area contributed by atoms with Crippen LogP contribution in [0.3, 0.4) is 0 Å². The first-order chi connectivity index (χ1) is 7.61. The number of esters is 1. The van der Waals surface area contributed by atoms with E-state index in [2.05, 4.69) is 4.74 Å². The summed E-state index contributed by atoms with van der Waals surface area (Å²) in [6.07, 6.45) is -2.33. The van der Waals surface area contributed by atoms with Crippen molar-refractivity contribution in [2.45, 2.75) is 12.8 Å². The Bertz CT molecular complexity index is 336. The van der Waals surface area contributed by atoms with E-state index in [4.69, 9.17) is 4.74 Å². The summed E-state index contributed by atoms with van der Waals surface area (Å²) in [4.78, 5) is 10.9. The molecule has 0 radical (unpaired) electrons. The van der Waals surface area contributed by atoms with Gasteiger partial charge in [0.2, 0.25) is 0 Å². The Morgan fingerprint density at radius 3 is 2.44 bits per heavy atom. The Hall–Kier alpha value is -1.65. The van der Waals surface area contributed by atoms with Crippen molar-refractivity contribution in [2.24, 2.45) is 0 Å². The van der Waals surface area contributed by atoms with Gasteiger partial charge in [-0.1, -0.05) is 12.1 Å². The fourth-order valence-electron chi connectivity index (χ4n) is 1.10. The molecule has 5 heteroatoms. The Morgan fingerprint density at radius 2 is 1.94 bits per heavy atom. The van der Waals surface area contributed by atoms with Crippen molar-refractivity contribution in [3.05, 3.63) is 29.8 Å². The number of alkyl halides is 2. The van der Waals surface area contributed by atoms with Crippen molar-refractivity contribution in [1.82, 2.24) is 0 Å². The Morgan fingerprint density at radius 1 is 1.31 bits per heavy atom. The van der Waals surface area contributed by atoms with Crippen molar-refractivity contribution in [3.8, 4) is 5.75 Å². The average Bonchev–Trinajstić information content (AvgIpc) is 2.28. The molecular formula is C11H12F2O3. The first kappa shape index (κ1) is 12.4. The number of ether oxygens (including phenoxy) is 2. The third kappa shape index (κ3) is 4.25. The lowest BCUT2D eigenvalue weighted by Gasteiger charge is -2.06. The summed E-state index contributed by atoms with van der Waals surface area (Å²) < 4.78 is 32.9. The molecule has 0 aliphatic rings. The van der Waals surface area contributed by atoms with Crippen LogP contribution in [0, 0.1) is 0 Å². The smallest absolute Gasteiger partial charge is 0.309 e. The summed E-state index contributed by atoms with van der Waals surface area (Å²) in [5, 5.41) is 0. The molecule has 0 bridgehead atoms. The van der Waals surface area contributed by atoms with Gasteiger partial charge in [-0.25, -0.2) is 8.78 Å². The lowest BCUT2D eigenvalue weighted by Crippen LogP contribution is -2.07. The minimum Gasteiger partial charge on any atom is -0.488 e. The summed E-state index contributed by atoms with van der Waals surface area (Å²) in [6, 6.07) is 6.36. The van der Waals surface area contributed by atoms with Crippen molar-refractivity contribution in [2.75, 3.05) is 13.7 Å². The number of methoxy groups -OCH3 is 1. The molecule has 0 N–H and O–H groups in total. The molecule has 16 heavy (non-hydrogen) atoms. The molecule has 0 spiro atoms. The number of benzene rings is 1. The van der Waals surface area contributed by atoms with E-state index in [1.54, 1.807) is 24.3 Å². The maximum absolute atomic E-state index is 11.8. The maximum atomic E-state index is 11.8. The second-order valence-corrected chi connectivity index (χ2v) is 3.10. The average molecular weight is 230 g/mol. The van der Waals surface area contributed by atoms with Gasteiger partial charge in [-0.15, -0.1) is 0 Å². The zero-order valence-corrected chi connectivity index (χ0v) is 8.78. The largest absolute Gasteiger partial charge is 0.488 e. The van der Waals surface area contributed by atoms with E-state index in [0.717, 1.165) is 5.56 Å². The predicted molar refractivity (Wildman–Crippen MR) is 53.7 cm³/mol. The summed E-state index contributed by atoms with van der Waals surface area (Å²) in [6.45, 7) is -0.629. The first-order valence-corrected chi connectivity index (χ1v) is 4.68. The van der Waals surface area contributed by atoms with Crippen LogP contribution >= 0.6 is 0 Å². The molecular weight excluding hydrogens is 218 g/mol. The van der Waals surface area contributed by atoms with E-state index < -0.39 is 13.0 Å². The van der Waals surface area contributed by atoms with Gasteiger partial charge < -0.3 is 9.47 Å². The fraction of sp³-hybridized carbons (Fsp3) is 0.364. The van der Waals surface area contributed by atoms with Gasteiger partial charge in [-0.3, -0.25) is 4.79 Å². The van der Waals surface area contributed by atoms with Crippen LogP contribution in [0.4, 0.5) is 8.78 Å². The van der Waals surface area contributed by atoms with Gasteiger partial charge >= 0.3 is 5.97 Å². The van der Waals surface area contributed by atoms with Crippen molar-refractivity contribution in [1.29, 1.82) is 0 Å². The lowest BCUT2D eigenvalue weighted by molar-refractivity contribution is -0.139. The summed E-state index contributed by atoms with van der Waals surface area (Å²) >= 11 is 0. The zero-order chi connectivity index (χ0) is 12.0. The zero-order valence-electron chi connectivity index (χ0n) is 8.78. The van der Waals surface area contributed by atoms with Crippen LogP contribution in [0.25, 0.3) is 0 Å². The molecule has 0 saturated carbocycles. The summed E-state index contributed by atoms with van der Waals surface area (Å²) in [5.41, 5.74) is 0.747. The van der Waals surface area contributed by atoms with Gasteiger partial charge in [-0.05, 0) is 17.7 Å². The second-order valence-electron chi connectivity index (χ2n) is 3.10. The highest BCUT2D eigenvalue weighted by molar-refractivity contribution is 5.72. The van der Waals surface area contributed by atoms with Gasteiger partial charge in [0.1, 0.15) is 12.4 Å². The standard InChI is InChI=1S/C11H12F2O3/c1-15-11(14)6-8-2-4-9(5-3-8)16-7-10(12)13/h2-5,10H,6-7H2,1H3. The topological polar surface area (TPSA) is 35.5 Å². The van der Waals surface area contributed by atoms with E-state index in [0.29, 0.717) is 5.75 Å². The molecule has 0 aliphatic carbocycles. The van der Waals surface area contributed by atoms with Crippen LogP contribution in [0.2, 0.25) is 0 Å². The van der Waals surface area contributed by atoms with Gasteiger partial charge in [0.15, 0.2) is 0 Å². The van der Waals surface area contributed by atoms with E-state index >= 15 is 0 Å². The number of hydrogen-bond donors (Lipinski definition) is 0. The van der Waals surface area contributed by atoms with Crippen molar-refractivity contribution in [3.63, 3.8) is 0 Å². The van der Waals surface area contributed by atoms with Gasteiger partial charge in [0.05, 0.1) is 13.5 Å². The molecule has 0 aromatic heterocycles. The monoisotopic (exact) mass is 230 g/mol. The van der Waals surface area contributed by atoms with Crippen LogP contribution < -0.4 is 4.74 Å². The number of halogens is 2.